The van der Waals surface area contributed by atoms with Crippen LogP contribution in [0.2, 0.25) is 0 Å². The van der Waals surface area contributed by atoms with Crippen molar-refractivity contribution in [2.45, 2.75) is 39.8 Å². The molecule has 2 atom stereocenters. The summed E-state index contributed by atoms with van der Waals surface area (Å²) in [6.45, 7) is 5.60. The molecule has 0 aliphatic carbocycles. The molecular weight excluding hydrogens is 306 g/mol. The molecule has 0 bridgehead atoms. The number of hydrogen-bond donors (Lipinski definition) is 3. The Morgan fingerprint density at radius 2 is 2.04 bits per heavy atom. The molecular formula is C18H25N3O3. The minimum absolute atomic E-state index is 0.0696. The molecule has 0 fully saturated rings. The molecule has 6 heteroatoms. The lowest BCUT2D eigenvalue weighted by Crippen LogP contribution is -2.43. The summed E-state index contributed by atoms with van der Waals surface area (Å²) in [5, 5.41) is 16.0. The van der Waals surface area contributed by atoms with Gasteiger partial charge in [0, 0.05) is 18.5 Å². The van der Waals surface area contributed by atoms with Crippen LogP contribution in [0.15, 0.2) is 30.5 Å². The molecule has 0 aliphatic rings. The van der Waals surface area contributed by atoms with Gasteiger partial charge in [0.25, 0.3) is 0 Å². The normalized spacial score (nSPS) is 13.5. The van der Waals surface area contributed by atoms with Crippen LogP contribution in [-0.4, -0.2) is 34.1 Å². The van der Waals surface area contributed by atoms with Gasteiger partial charge >= 0.3 is 0 Å². The smallest absolute Gasteiger partial charge is 0.240 e. The van der Waals surface area contributed by atoms with E-state index in [0.717, 1.165) is 23.0 Å². The van der Waals surface area contributed by atoms with Crippen LogP contribution in [0.5, 0.6) is 0 Å². The van der Waals surface area contributed by atoms with Gasteiger partial charge in [0.05, 0.1) is 23.9 Å². The number of fused-ring (bicyclic) bond motifs is 1. The second-order valence-electron chi connectivity index (χ2n) is 6.11. The average molecular weight is 331 g/mol. The third kappa shape index (κ3) is 4.14. The Hall–Kier alpha value is -2.34. The maximum Gasteiger partial charge on any atom is 0.240 e. The predicted molar refractivity (Wildman–Crippen MR) is 94.7 cm³/mol. The molecule has 1 aromatic heterocycles. The Morgan fingerprint density at radius 3 is 2.67 bits per heavy atom. The summed E-state index contributed by atoms with van der Waals surface area (Å²) >= 11 is 0. The van der Waals surface area contributed by atoms with Gasteiger partial charge in [0.15, 0.2) is 0 Å². The van der Waals surface area contributed by atoms with Gasteiger partial charge < -0.3 is 20.3 Å². The number of carbonyl (C=O) groups is 2. The summed E-state index contributed by atoms with van der Waals surface area (Å²) in [5.74, 6) is -0.0594. The molecule has 0 radical (unpaired) electrons. The van der Waals surface area contributed by atoms with Crippen LogP contribution in [-0.2, 0) is 16.1 Å². The van der Waals surface area contributed by atoms with E-state index in [2.05, 4.69) is 10.6 Å². The SMILES string of the molecule is CC[C@@H](C)[C@H](CO)NC(=O)Cn1ccc2c(NC(C)=O)cccc21. The molecule has 2 amide bonds. The van der Waals surface area contributed by atoms with Crippen molar-refractivity contribution in [3.63, 3.8) is 0 Å². The number of rotatable bonds is 7. The lowest BCUT2D eigenvalue weighted by Gasteiger charge is -2.22. The number of nitrogens with zero attached hydrogens (tertiary/aromatic N) is 1. The zero-order chi connectivity index (χ0) is 17.7. The van der Waals surface area contributed by atoms with Gasteiger partial charge in [-0.2, -0.15) is 0 Å². The molecule has 0 saturated carbocycles. The second-order valence-corrected chi connectivity index (χ2v) is 6.11. The Balaban J connectivity index is 2.15. The van der Waals surface area contributed by atoms with Gasteiger partial charge in [-0.25, -0.2) is 0 Å². The van der Waals surface area contributed by atoms with E-state index in [1.54, 1.807) is 0 Å². The first-order valence-electron chi connectivity index (χ1n) is 8.22. The van der Waals surface area contributed by atoms with Gasteiger partial charge in [-0.15, -0.1) is 0 Å². The van der Waals surface area contributed by atoms with E-state index >= 15 is 0 Å². The molecule has 24 heavy (non-hydrogen) atoms. The molecule has 1 heterocycles. The lowest BCUT2D eigenvalue weighted by atomic mass is 10.00. The third-order valence-electron chi connectivity index (χ3n) is 4.31. The van der Waals surface area contributed by atoms with Crippen molar-refractivity contribution in [1.29, 1.82) is 0 Å². The minimum atomic E-state index is -0.237. The summed E-state index contributed by atoms with van der Waals surface area (Å²) in [5.41, 5.74) is 1.60. The first kappa shape index (κ1) is 18.0. The highest BCUT2D eigenvalue weighted by Gasteiger charge is 2.18. The fourth-order valence-corrected chi connectivity index (χ4v) is 2.72. The fourth-order valence-electron chi connectivity index (χ4n) is 2.72. The van der Waals surface area contributed by atoms with Crippen LogP contribution < -0.4 is 10.6 Å². The summed E-state index contributed by atoms with van der Waals surface area (Å²) in [6.07, 6.45) is 2.71. The Bertz CT molecular complexity index is 723. The Morgan fingerprint density at radius 1 is 1.29 bits per heavy atom. The Labute approximate surface area is 141 Å². The fraction of sp³-hybridized carbons (Fsp3) is 0.444. The zero-order valence-electron chi connectivity index (χ0n) is 14.4. The van der Waals surface area contributed by atoms with Gasteiger partial charge in [-0.05, 0) is 24.1 Å². The summed E-state index contributed by atoms with van der Waals surface area (Å²) in [6, 6.07) is 7.23. The molecule has 2 rings (SSSR count). The van der Waals surface area contributed by atoms with Gasteiger partial charge in [-0.3, -0.25) is 9.59 Å². The number of aliphatic hydroxyl groups is 1. The molecule has 0 aliphatic heterocycles. The van der Waals surface area contributed by atoms with E-state index in [0.29, 0.717) is 0 Å². The summed E-state index contributed by atoms with van der Waals surface area (Å²) < 4.78 is 1.83. The highest BCUT2D eigenvalue weighted by molar-refractivity contribution is 6.01. The van der Waals surface area contributed by atoms with Crippen molar-refractivity contribution < 1.29 is 14.7 Å². The zero-order valence-corrected chi connectivity index (χ0v) is 14.4. The Kier molecular flexibility index (Phi) is 5.98. The summed E-state index contributed by atoms with van der Waals surface area (Å²) in [7, 11) is 0. The molecule has 2 aromatic rings. The third-order valence-corrected chi connectivity index (χ3v) is 4.31. The molecule has 0 spiro atoms. The monoisotopic (exact) mass is 331 g/mol. The maximum atomic E-state index is 12.3. The standard InChI is InChI=1S/C18H25N3O3/c1-4-12(2)16(11-22)20-18(24)10-21-9-8-14-15(19-13(3)23)6-5-7-17(14)21/h5-9,12,16,22H,4,10-11H2,1-3H3,(H,19,23)(H,20,24)/t12-,16+/m1/s1. The van der Waals surface area contributed by atoms with Crippen LogP contribution in [0.4, 0.5) is 5.69 Å². The topological polar surface area (TPSA) is 83.4 Å². The van der Waals surface area contributed by atoms with Crippen molar-refractivity contribution >= 4 is 28.4 Å². The highest BCUT2D eigenvalue weighted by Crippen LogP contribution is 2.24. The van der Waals surface area contributed by atoms with Crippen LogP contribution in [0.3, 0.4) is 0 Å². The maximum absolute atomic E-state index is 12.3. The first-order chi connectivity index (χ1) is 11.5. The number of anilines is 1. The lowest BCUT2D eigenvalue weighted by molar-refractivity contribution is -0.123. The quantitative estimate of drug-likeness (QED) is 0.727. The van der Waals surface area contributed by atoms with Crippen molar-refractivity contribution in [2.75, 3.05) is 11.9 Å². The number of amides is 2. The van der Waals surface area contributed by atoms with Crippen LogP contribution in [0.1, 0.15) is 27.2 Å². The van der Waals surface area contributed by atoms with Gasteiger partial charge in [0.1, 0.15) is 6.54 Å². The highest BCUT2D eigenvalue weighted by atomic mass is 16.3. The van der Waals surface area contributed by atoms with E-state index in [9.17, 15) is 14.7 Å². The number of benzene rings is 1. The van der Waals surface area contributed by atoms with Gasteiger partial charge in [-0.1, -0.05) is 26.3 Å². The predicted octanol–water partition coefficient (Wildman–Crippen LogP) is 2.12. The minimum Gasteiger partial charge on any atom is -0.394 e. The largest absolute Gasteiger partial charge is 0.394 e. The van der Waals surface area contributed by atoms with Crippen molar-refractivity contribution in [3.05, 3.63) is 30.5 Å². The van der Waals surface area contributed by atoms with Crippen LogP contribution >= 0.6 is 0 Å². The average Bonchev–Trinajstić information content (AvgIpc) is 2.95. The number of nitrogens with one attached hydrogen (secondary N) is 2. The van der Waals surface area contributed by atoms with Crippen molar-refractivity contribution in [2.24, 2.45) is 5.92 Å². The number of carbonyl (C=O) groups excluding carboxylic acids is 2. The number of aromatic nitrogens is 1. The number of hydrogen-bond acceptors (Lipinski definition) is 3. The number of aliphatic hydroxyl groups excluding tert-OH is 1. The summed E-state index contributed by atoms with van der Waals surface area (Å²) in [4.78, 5) is 23.6. The first-order valence-corrected chi connectivity index (χ1v) is 8.22. The van der Waals surface area contributed by atoms with Crippen LogP contribution in [0.25, 0.3) is 10.9 Å². The molecule has 3 N–H and O–H groups in total. The van der Waals surface area contributed by atoms with E-state index in [4.69, 9.17) is 0 Å². The molecule has 1 aromatic carbocycles. The van der Waals surface area contributed by atoms with Crippen LogP contribution in [0, 0.1) is 5.92 Å². The molecule has 6 nitrogen and oxygen atoms in total. The molecule has 0 saturated heterocycles. The molecule has 130 valence electrons. The van der Waals surface area contributed by atoms with Gasteiger partial charge in [0.2, 0.25) is 11.8 Å². The van der Waals surface area contributed by atoms with Crippen molar-refractivity contribution in [3.8, 4) is 0 Å². The van der Waals surface area contributed by atoms with E-state index < -0.39 is 0 Å². The van der Waals surface area contributed by atoms with E-state index in [1.807, 2.05) is 48.9 Å². The molecule has 0 unspecified atom stereocenters. The van der Waals surface area contributed by atoms with E-state index in [-0.39, 0.29) is 36.9 Å². The van der Waals surface area contributed by atoms with E-state index in [1.165, 1.54) is 6.92 Å². The second kappa shape index (κ2) is 7.97. The van der Waals surface area contributed by atoms with Crippen molar-refractivity contribution in [1.82, 2.24) is 9.88 Å².